The molecule has 0 bridgehead atoms. The summed E-state index contributed by atoms with van der Waals surface area (Å²) >= 11 is 2.14. The van der Waals surface area contributed by atoms with Crippen LogP contribution in [0.3, 0.4) is 0 Å². The minimum atomic E-state index is -0.854. The number of halogens is 1. The molecule has 1 heterocycles. The molecule has 0 aromatic carbocycles. The number of nitrogens with zero attached hydrogens (tertiary/aromatic N) is 1. The van der Waals surface area contributed by atoms with E-state index in [1.165, 1.54) is 0 Å². The van der Waals surface area contributed by atoms with Crippen molar-refractivity contribution < 1.29 is 9.90 Å². The number of carboxylic acids is 1. The van der Waals surface area contributed by atoms with Crippen molar-refractivity contribution in [2.75, 3.05) is 0 Å². The summed E-state index contributed by atoms with van der Waals surface area (Å²) in [7, 11) is 0. The largest absolute Gasteiger partial charge is 0.477 e. The van der Waals surface area contributed by atoms with E-state index in [0.717, 1.165) is 9.99 Å². The highest BCUT2D eigenvalue weighted by Gasteiger charge is 2.19. The Morgan fingerprint density at radius 3 is 2.67 bits per heavy atom. The van der Waals surface area contributed by atoms with Gasteiger partial charge in [-0.2, -0.15) is 0 Å². The number of hydrogen-bond acceptors (Lipinski definition) is 1. The number of carbonyl (C=O) groups is 1. The molecular weight excluding hydrogens is 305 g/mol. The third-order valence-corrected chi connectivity index (χ3v) is 3.53. The van der Waals surface area contributed by atoms with Crippen LogP contribution < -0.4 is 0 Å². The van der Waals surface area contributed by atoms with Crippen LogP contribution in [0, 0.1) is 9.49 Å². The Kier molecular flexibility index (Phi) is 4.19. The van der Waals surface area contributed by atoms with Gasteiger partial charge in [-0.05, 0) is 41.5 Å². The van der Waals surface area contributed by atoms with Gasteiger partial charge in [0.1, 0.15) is 5.69 Å². The molecule has 0 spiro atoms. The van der Waals surface area contributed by atoms with Gasteiger partial charge in [0.05, 0.1) is 0 Å². The third kappa shape index (κ3) is 2.74. The molecule has 15 heavy (non-hydrogen) atoms. The standard InChI is InChI=1S/C11H16INO2/c1-4-7(2)8(3)13-6-9(12)5-10(13)11(14)15/h5-8H,4H2,1-3H3,(H,14,15). The third-order valence-electron chi connectivity index (χ3n) is 2.94. The van der Waals surface area contributed by atoms with Crippen molar-refractivity contribution in [3.63, 3.8) is 0 Å². The Hall–Kier alpha value is -0.520. The summed E-state index contributed by atoms with van der Waals surface area (Å²) in [5, 5.41) is 9.06. The zero-order valence-electron chi connectivity index (χ0n) is 9.20. The molecule has 0 aliphatic carbocycles. The topological polar surface area (TPSA) is 42.2 Å². The second-order valence-corrected chi connectivity index (χ2v) is 5.13. The first-order chi connectivity index (χ1) is 6.97. The van der Waals surface area contributed by atoms with Gasteiger partial charge in [-0.15, -0.1) is 0 Å². The molecule has 2 atom stereocenters. The van der Waals surface area contributed by atoms with Gasteiger partial charge in [0, 0.05) is 15.8 Å². The monoisotopic (exact) mass is 321 g/mol. The number of carboxylic acid groups (broad SMARTS) is 1. The molecule has 0 fully saturated rings. The molecule has 0 radical (unpaired) electrons. The maximum Gasteiger partial charge on any atom is 0.352 e. The van der Waals surface area contributed by atoms with Crippen molar-refractivity contribution in [1.82, 2.24) is 4.57 Å². The van der Waals surface area contributed by atoms with E-state index < -0.39 is 5.97 Å². The fourth-order valence-corrected chi connectivity index (χ4v) is 2.16. The summed E-state index contributed by atoms with van der Waals surface area (Å²) in [5.41, 5.74) is 0.382. The summed E-state index contributed by atoms with van der Waals surface area (Å²) in [4.78, 5) is 11.0. The first kappa shape index (κ1) is 12.5. The molecule has 0 aliphatic heterocycles. The molecule has 3 nitrogen and oxygen atoms in total. The highest BCUT2D eigenvalue weighted by molar-refractivity contribution is 14.1. The molecular formula is C11H16INO2. The zero-order valence-corrected chi connectivity index (χ0v) is 11.4. The average Bonchev–Trinajstić information content (AvgIpc) is 2.58. The van der Waals surface area contributed by atoms with Crippen LogP contribution in [0.15, 0.2) is 12.3 Å². The van der Waals surface area contributed by atoms with Crippen LogP contribution in [0.1, 0.15) is 43.7 Å². The van der Waals surface area contributed by atoms with E-state index in [2.05, 4.69) is 43.4 Å². The van der Waals surface area contributed by atoms with Gasteiger partial charge in [-0.25, -0.2) is 4.79 Å². The number of rotatable bonds is 4. The van der Waals surface area contributed by atoms with Crippen molar-refractivity contribution >= 4 is 28.6 Å². The highest BCUT2D eigenvalue weighted by atomic mass is 127. The van der Waals surface area contributed by atoms with E-state index in [9.17, 15) is 4.79 Å². The molecule has 0 aliphatic rings. The maximum atomic E-state index is 11.0. The molecule has 84 valence electrons. The normalized spacial score (nSPS) is 14.9. The summed E-state index contributed by atoms with van der Waals surface area (Å²) in [5.74, 6) is -0.376. The van der Waals surface area contributed by atoms with E-state index in [1.807, 2.05) is 10.8 Å². The Bertz CT molecular complexity index is 359. The Labute approximate surface area is 104 Å². The molecule has 1 N–H and O–H groups in total. The van der Waals surface area contributed by atoms with Crippen LogP contribution in [0.2, 0.25) is 0 Å². The van der Waals surface area contributed by atoms with Gasteiger partial charge < -0.3 is 9.67 Å². The van der Waals surface area contributed by atoms with E-state index in [4.69, 9.17) is 5.11 Å². The predicted octanol–water partition coefficient (Wildman–Crippen LogP) is 3.40. The summed E-state index contributed by atoms with van der Waals surface area (Å²) in [6, 6.07) is 1.94. The summed E-state index contributed by atoms with van der Waals surface area (Å²) in [6.45, 7) is 6.33. The number of hydrogen-bond donors (Lipinski definition) is 1. The summed E-state index contributed by atoms with van der Waals surface area (Å²) in [6.07, 6.45) is 2.95. The second kappa shape index (κ2) is 5.01. The number of aromatic carboxylic acids is 1. The van der Waals surface area contributed by atoms with Gasteiger partial charge in [0.15, 0.2) is 0 Å². The van der Waals surface area contributed by atoms with E-state index >= 15 is 0 Å². The quantitative estimate of drug-likeness (QED) is 0.864. The molecule has 1 rings (SSSR count). The van der Waals surface area contributed by atoms with E-state index in [-0.39, 0.29) is 6.04 Å². The van der Waals surface area contributed by atoms with Gasteiger partial charge in [-0.3, -0.25) is 0 Å². The average molecular weight is 321 g/mol. The van der Waals surface area contributed by atoms with Gasteiger partial charge in [-0.1, -0.05) is 20.3 Å². The molecule has 0 amide bonds. The van der Waals surface area contributed by atoms with Crippen LogP contribution in [0.25, 0.3) is 0 Å². The van der Waals surface area contributed by atoms with Crippen LogP contribution in [0.4, 0.5) is 0 Å². The highest BCUT2D eigenvalue weighted by Crippen LogP contribution is 2.24. The van der Waals surface area contributed by atoms with Crippen molar-refractivity contribution in [1.29, 1.82) is 0 Å². The lowest BCUT2D eigenvalue weighted by Crippen LogP contribution is -2.17. The molecule has 4 heteroatoms. The predicted molar refractivity (Wildman–Crippen MR) is 68.3 cm³/mol. The molecule has 0 saturated carbocycles. The van der Waals surface area contributed by atoms with Crippen LogP contribution >= 0.6 is 22.6 Å². The minimum absolute atomic E-state index is 0.226. The number of aromatic nitrogens is 1. The van der Waals surface area contributed by atoms with E-state index in [0.29, 0.717) is 11.6 Å². The summed E-state index contributed by atoms with van der Waals surface area (Å²) < 4.78 is 2.83. The SMILES string of the molecule is CCC(C)C(C)n1cc(I)cc1C(=O)O. The smallest absolute Gasteiger partial charge is 0.352 e. The lowest BCUT2D eigenvalue weighted by molar-refractivity contribution is 0.0681. The molecule has 1 aromatic rings. The Morgan fingerprint density at radius 2 is 2.20 bits per heavy atom. The second-order valence-electron chi connectivity index (χ2n) is 3.88. The first-order valence-electron chi connectivity index (χ1n) is 5.08. The lowest BCUT2D eigenvalue weighted by Gasteiger charge is -2.21. The van der Waals surface area contributed by atoms with Gasteiger partial charge in [0.2, 0.25) is 0 Å². The van der Waals surface area contributed by atoms with Gasteiger partial charge >= 0.3 is 5.97 Å². The molecule has 1 aromatic heterocycles. The Balaban J connectivity index is 3.07. The van der Waals surface area contributed by atoms with Gasteiger partial charge in [0.25, 0.3) is 0 Å². The van der Waals surface area contributed by atoms with Crippen LogP contribution in [-0.4, -0.2) is 15.6 Å². The van der Waals surface area contributed by atoms with Crippen LogP contribution in [-0.2, 0) is 0 Å². The first-order valence-corrected chi connectivity index (χ1v) is 6.15. The fourth-order valence-electron chi connectivity index (χ4n) is 1.57. The van der Waals surface area contributed by atoms with Crippen molar-refractivity contribution in [2.24, 2.45) is 5.92 Å². The zero-order chi connectivity index (χ0) is 11.6. The molecule has 2 unspecified atom stereocenters. The fraction of sp³-hybridized carbons (Fsp3) is 0.545. The minimum Gasteiger partial charge on any atom is -0.477 e. The maximum absolute atomic E-state index is 11.0. The van der Waals surface area contributed by atoms with Crippen molar-refractivity contribution in [2.45, 2.75) is 33.2 Å². The van der Waals surface area contributed by atoms with Crippen molar-refractivity contribution in [3.8, 4) is 0 Å². The van der Waals surface area contributed by atoms with Crippen molar-refractivity contribution in [3.05, 3.63) is 21.5 Å². The molecule has 0 saturated heterocycles. The Morgan fingerprint density at radius 1 is 1.60 bits per heavy atom. The lowest BCUT2D eigenvalue weighted by atomic mass is 10.0. The van der Waals surface area contributed by atoms with E-state index in [1.54, 1.807) is 6.07 Å². The van der Waals surface area contributed by atoms with Crippen LogP contribution in [0.5, 0.6) is 0 Å².